The molecule has 12 nitrogen and oxygen atoms in total. The van der Waals surface area contributed by atoms with Crippen LogP contribution in [0.1, 0.15) is 97.8 Å². The molecule has 13 heteroatoms. The van der Waals surface area contributed by atoms with Gasteiger partial charge in [-0.15, -0.1) is 0 Å². The van der Waals surface area contributed by atoms with Crippen LogP contribution >= 0.6 is 0 Å². The van der Waals surface area contributed by atoms with E-state index >= 15 is 0 Å². The fourth-order valence-electron chi connectivity index (χ4n) is 6.11. The van der Waals surface area contributed by atoms with E-state index in [9.17, 15) is 32.7 Å². The Morgan fingerprint density at radius 1 is 0.952 bits per heavy atom. The third kappa shape index (κ3) is 8.75. The van der Waals surface area contributed by atoms with Crippen molar-refractivity contribution in [2.24, 2.45) is 11.3 Å². The van der Waals surface area contributed by atoms with Gasteiger partial charge in [-0.05, 0) is 56.3 Å². The van der Waals surface area contributed by atoms with Gasteiger partial charge < -0.3 is 30.7 Å². The van der Waals surface area contributed by atoms with Gasteiger partial charge >= 0.3 is 6.03 Å². The van der Waals surface area contributed by atoms with Crippen LogP contribution in [0.25, 0.3) is 0 Å². The number of hydrogen-bond donors (Lipinski definition) is 4. The van der Waals surface area contributed by atoms with E-state index in [-0.39, 0.29) is 17.7 Å². The first-order valence-electron chi connectivity index (χ1n) is 15.4. The number of likely N-dealkylation sites (tertiary alicyclic amines) is 1. The highest BCUT2D eigenvalue weighted by Gasteiger charge is 2.44. The van der Waals surface area contributed by atoms with Crippen LogP contribution in [0.5, 0.6) is 0 Å². The lowest BCUT2D eigenvalue weighted by Crippen LogP contribution is -2.63. The molecule has 4 fully saturated rings. The first kappa shape index (κ1) is 32.4. The fourth-order valence-corrected chi connectivity index (χ4v) is 6.93. The van der Waals surface area contributed by atoms with Crippen LogP contribution in [0, 0.1) is 11.3 Å². The molecule has 0 aromatic rings. The summed E-state index contributed by atoms with van der Waals surface area (Å²) in [5, 5.41) is 11.1. The normalized spacial score (nSPS) is 24.2. The molecule has 4 atom stereocenters. The van der Waals surface area contributed by atoms with Gasteiger partial charge in [-0.2, -0.15) is 0 Å². The Morgan fingerprint density at radius 3 is 2.19 bits per heavy atom. The van der Waals surface area contributed by atoms with Crippen molar-refractivity contribution in [3.63, 3.8) is 0 Å². The second kappa shape index (κ2) is 13.4. The van der Waals surface area contributed by atoms with Crippen LogP contribution in [-0.2, 0) is 30.3 Å². The largest absolute Gasteiger partial charge is 0.772 e. The molecule has 0 aromatic heterocycles. The molecule has 3 aliphatic carbocycles. The standard InChI is InChI=1S/C29H47N5O7S/c1-28(2,3)23(32-27(39)33-29(17-42(40)41)13-5-4-6-14-29)26(38)34-15-7-8-21(34)24(36)31-20(16-18-9-10-18)22(35)25(37)30-19-11-12-19/h18-21,23H,4-17H2,1-3H3,(H,30,37)(H,31,36)(H,40,41)(H2,32,33,39)/p-1/t20-,21-,23+/m0/s1. The molecule has 4 rings (SSSR count). The van der Waals surface area contributed by atoms with E-state index in [1.54, 1.807) is 0 Å². The number of ketones is 1. The quantitative estimate of drug-likeness (QED) is 0.191. The molecule has 236 valence electrons. The lowest BCUT2D eigenvalue weighted by Gasteiger charge is -2.40. The SMILES string of the molecule is CC(C)(C)[C@H](NC(=O)NC1(CS(=O)[O-])CCCCC1)C(=O)N1CCC[C@H]1C(=O)N[C@@H](CC1CC1)C(=O)C(=O)NC1CC1. The number of urea groups is 1. The molecule has 1 heterocycles. The summed E-state index contributed by atoms with van der Waals surface area (Å²) in [7, 11) is 0. The Hall–Kier alpha value is -2.54. The molecule has 0 radical (unpaired) electrons. The second-order valence-corrected chi connectivity index (χ2v) is 14.6. The van der Waals surface area contributed by atoms with E-state index in [2.05, 4.69) is 21.3 Å². The number of rotatable bonds is 12. The number of Topliss-reactive ketones (excluding diaryl/α,β-unsaturated/α-hetero) is 1. The number of carbonyl (C=O) groups is 5. The highest BCUT2D eigenvalue weighted by atomic mass is 32.2. The Morgan fingerprint density at radius 2 is 1.62 bits per heavy atom. The van der Waals surface area contributed by atoms with Crippen molar-refractivity contribution < 1.29 is 32.7 Å². The summed E-state index contributed by atoms with van der Waals surface area (Å²) in [6.07, 6.45) is 8.61. The lowest BCUT2D eigenvalue weighted by molar-refractivity contribution is -0.144. The molecule has 4 N–H and O–H groups in total. The molecular formula is C29H46N5O7S-. The van der Waals surface area contributed by atoms with Gasteiger partial charge in [-0.25, -0.2) is 4.79 Å². The number of hydrogen-bond acceptors (Lipinski definition) is 7. The Labute approximate surface area is 250 Å². The summed E-state index contributed by atoms with van der Waals surface area (Å²) in [6, 6.07) is -3.36. The molecular weight excluding hydrogens is 562 g/mol. The predicted octanol–water partition coefficient (Wildman–Crippen LogP) is 1.41. The van der Waals surface area contributed by atoms with Gasteiger partial charge in [0.25, 0.3) is 5.91 Å². The van der Waals surface area contributed by atoms with E-state index in [0.717, 1.165) is 44.9 Å². The van der Waals surface area contributed by atoms with Crippen LogP contribution < -0.4 is 21.3 Å². The number of carbonyl (C=O) groups excluding carboxylic acids is 5. The van der Waals surface area contributed by atoms with Crippen LogP contribution in [0.4, 0.5) is 4.79 Å². The molecule has 3 saturated carbocycles. The minimum Gasteiger partial charge on any atom is -0.772 e. The van der Waals surface area contributed by atoms with E-state index in [4.69, 9.17) is 0 Å². The zero-order chi connectivity index (χ0) is 30.7. The smallest absolute Gasteiger partial charge is 0.315 e. The maximum Gasteiger partial charge on any atom is 0.315 e. The monoisotopic (exact) mass is 608 g/mol. The predicted molar refractivity (Wildman–Crippen MR) is 155 cm³/mol. The van der Waals surface area contributed by atoms with Gasteiger partial charge in [-0.1, -0.05) is 64.0 Å². The highest BCUT2D eigenvalue weighted by molar-refractivity contribution is 7.79. The minimum absolute atomic E-state index is 0.0242. The lowest BCUT2D eigenvalue weighted by atomic mass is 9.83. The third-order valence-electron chi connectivity index (χ3n) is 8.85. The van der Waals surface area contributed by atoms with Gasteiger partial charge in [0.2, 0.25) is 17.6 Å². The molecule has 0 bridgehead atoms. The molecule has 0 spiro atoms. The zero-order valence-corrected chi connectivity index (χ0v) is 25.8. The van der Waals surface area contributed by atoms with Crippen LogP contribution in [0.2, 0.25) is 0 Å². The van der Waals surface area contributed by atoms with Gasteiger partial charge in [0.15, 0.2) is 0 Å². The van der Waals surface area contributed by atoms with E-state index < -0.39 is 69.7 Å². The van der Waals surface area contributed by atoms with Crippen molar-refractivity contribution in [3.05, 3.63) is 0 Å². The first-order chi connectivity index (χ1) is 19.8. The summed E-state index contributed by atoms with van der Waals surface area (Å²) in [5.41, 5.74) is -1.60. The average molecular weight is 609 g/mol. The molecule has 5 amide bonds. The van der Waals surface area contributed by atoms with Crippen LogP contribution in [0.15, 0.2) is 0 Å². The second-order valence-electron chi connectivity index (χ2n) is 13.7. The average Bonchev–Trinajstić information content (AvgIpc) is 3.84. The fraction of sp³-hybridized carbons (Fsp3) is 0.828. The summed E-state index contributed by atoms with van der Waals surface area (Å²) >= 11 is -2.34. The Kier molecular flexibility index (Phi) is 10.3. The minimum atomic E-state index is -2.34. The van der Waals surface area contributed by atoms with Crippen molar-refractivity contribution in [2.75, 3.05) is 12.3 Å². The zero-order valence-electron chi connectivity index (χ0n) is 25.0. The van der Waals surface area contributed by atoms with Crippen molar-refractivity contribution in [1.29, 1.82) is 0 Å². The summed E-state index contributed by atoms with van der Waals surface area (Å²) in [6.45, 7) is 5.75. The third-order valence-corrected chi connectivity index (χ3v) is 9.63. The Balaban J connectivity index is 1.43. The van der Waals surface area contributed by atoms with Gasteiger partial charge in [-0.3, -0.25) is 23.4 Å². The molecule has 1 saturated heterocycles. The van der Waals surface area contributed by atoms with Crippen LogP contribution in [-0.4, -0.2) is 85.2 Å². The Bertz CT molecular complexity index is 1080. The van der Waals surface area contributed by atoms with Crippen molar-refractivity contribution >= 4 is 40.6 Å². The molecule has 0 aromatic carbocycles. The topological polar surface area (TPSA) is 177 Å². The molecule has 1 aliphatic heterocycles. The summed E-state index contributed by atoms with van der Waals surface area (Å²) < 4.78 is 23.1. The van der Waals surface area contributed by atoms with Crippen molar-refractivity contribution in [3.8, 4) is 0 Å². The highest BCUT2D eigenvalue weighted by Crippen LogP contribution is 2.34. The molecule has 4 aliphatic rings. The first-order valence-corrected chi connectivity index (χ1v) is 16.6. The molecule has 42 heavy (non-hydrogen) atoms. The molecule has 1 unspecified atom stereocenters. The maximum atomic E-state index is 13.9. The van der Waals surface area contributed by atoms with E-state index in [1.807, 2.05) is 20.8 Å². The van der Waals surface area contributed by atoms with Gasteiger partial charge in [0.05, 0.1) is 11.6 Å². The van der Waals surface area contributed by atoms with Gasteiger partial charge in [0.1, 0.15) is 12.1 Å². The van der Waals surface area contributed by atoms with Crippen LogP contribution in [0.3, 0.4) is 0 Å². The number of nitrogens with zero attached hydrogens (tertiary/aromatic N) is 1. The number of nitrogens with one attached hydrogen (secondary N) is 4. The summed E-state index contributed by atoms with van der Waals surface area (Å²) in [4.78, 5) is 67.5. The van der Waals surface area contributed by atoms with E-state index in [1.165, 1.54) is 4.90 Å². The van der Waals surface area contributed by atoms with Crippen molar-refractivity contribution in [2.45, 2.75) is 128 Å². The summed E-state index contributed by atoms with van der Waals surface area (Å²) in [5.74, 6) is -2.13. The van der Waals surface area contributed by atoms with Crippen molar-refractivity contribution in [1.82, 2.24) is 26.2 Å². The van der Waals surface area contributed by atoms with E-state index in [0.29, 0.717) is 38.6 Å². The maximum absolute atomic E-state index is 13.9. The van der Waals surface area contributed by atoms with Gasteiger partial charge in [0, 0.05) is 18.3 Å². The number of amides is 5.